The molecule has 0 aliphatic heterocycles. The van der Waals surface area contributed by atoms with Crippen LogP contribution in [0.25, 0.3) is 11.1 Å². The Kier molecular flexibility index (Phi) is 9.18. The van der Waals surface area contributed by atoms with Crippen molar-refractivity contribution in [1.29, 1.82) is 0 Å². The predicted molar refractivity (Wildman–Crippen MR) is 137 cm³/mol. The van der Waals surface area contributed by atoms with Crippen molar-refractivity contribution in [1.82, 2.24) is 0 Å². The van der Waals surface area contributed by atoms with Gasteiger partial charge in [0.05, 0.1) is 13.7 Å². The minimum Gasteiger partial charge on any atom is -0.508 e. The van der Waals surface area contributed by atoms with Crippen LogP contribution in [-0.2, 0) is 4.79 Å². The van der Waals surface area contributed by atoms with Crippen LogP contribution in [-0.4, -0.2) is 35.0 Å². The van der Waals surface area contributed by atoms with E-state index < -0.39 is 5.97 Å². The van der Waals surface area contributed by atoms with Gasteiger partial charge in [-0.1, -0.05) is 43.7 Å². The van der Waals surface area contributed by atoms with Crippen molar-refractivity contribution in [2.24, 2.45) is 0 Å². The van der Waals surface area contributed by atoms with Gasteiger partial charge in [-0.05, 0) is 83.5 Å². The van der Waals surface area contributed by atoms with Crippen LogP contribution in [0.1, 0.15) is 55.7 Å². The van der Waals surface area contributed by atoms with E-state index in [1.165, 1.54) is 0 Å². The molecule has 0 aliphatic carbocycles. The van der Waals surface area contributed by atoms with Crippen molar-refractivity contribution in [2.45, 2.75) is 39.0 Å². The van der Waals surface area contributed by atoms with Gasteiger partial charge in [0.25, 0.3) is 0 Å². The molecule has 184 valence electrons. The SMILES string of the molecule is CCCCC(=C(c1ccc(O)cc1)c1ccc(O)cc1)c1ccc(OC)c(OCCCC(=O)O)c1. The van der Waals surface area contributed by atoms with Gasteiger partial charge < -0.3 is 24.8 Å². The number of aliphatic carboxylic acids is 1. The third kappa shape index (κ3) is 7.03. The van der Waals surface area contributed by atoms with Crippen molar-refractivity contribution >= 4 is 17.1 Å². The first-order chi connectivity index (χ1) is 16.9. The summed E-state index contributed by atoms with van der Waals surface area (Å²) in [7, 11) is 1.57. The number of hydrogen-bond acceptors (Lipinski definition) is 5. The fourth-order valence-corrected chi connectivity index (χ4v) is 3.92. The zero-order chi connectivity index (χ0) is 25.2. The van der Waals surface area contributed by atoms with Crippen LogP contribution in [0.4, 0.5) is 0 Å². The average molecular weight is 477 g/mol. The number of phenols is 2. The first-order valence-electron chi connectivity index (χ1n) is 11.8. The molecule has 6 heteroatoms. The maximum absolute atomic E-state index is 10.8. The first kappa shape index (κ1) is 25.7. The maximum Gasteiger partial charge on any atom is 0.303 e. The number of allylic oxidation sites excluding steroid dienone is 1. The summed E-state index contributed by atoms with van der Waals surface area (Å²) in [6, 6.07) is 20.0. The van der Waals surface area contributed by atoms with E-state index in [4.69, 9.17) is 14.6 Å². The molecule has 0 saturated carbocycles. The van der Waals surface area contributed by atoms with E-state index in [-0.39, 0.29) is 24.5 Å². The fraction of sp³-hybridized carbons (Fsp3) is 0.276. The number of benzene rings is 3. The smallest absolute Gasteiger partial charge is 0.303 e. The molecule has 0 radical (unpaired) electrons. The molecule has 0 atom stereocenters. The van der Waals surface area contributed by atoms with E-state index in [2.05, 4.69) is 6.92 Å². The Morgan fingerprint density at radius 2 is 1.34 bits per heavy atom. The second-order valence-corrected chi connectivity index (χ2v) is 8.26. The van der Waals surface area contributed by atoms with Gasteiger partial charge in [0.15, 0.2) is 11.5 Å². The number of ether oxygens (including phenoxy) is 2. The fourth-order valence-electron chi connectivity index (χ4n) is 3.92. The molecule has 0 spiro atoms. The Bertz CT molecular complexity index is 1100. The van der Waals surface area contributed by atoms with E-state index in [9.17, 15) is 15.0 Å². The lowest BCUT2D eigenvalue weighted by molar-refractivity contribution is -0.137. The molecular formula is C29H32O6. The zero-order valence-electron chi connectivity index (χ0n) is 20.2. The molecule has 3 rings (SSSR count). The summed E-state index contributed by atoms with van der Waals surface area (Å²) < 4.78 is 11.4. The van der Waals surface area contributed by atoms with Crippen LogP contribution < -0.4 is 9.47 Å². The van der Waals surface area contributed by atoms with Crippen LogP contribution in [0.15, 0.2) is 66.7 Å². The van der Waals surface area contributed by atoms with Gasteiger partial charge in [0.1, 0.15) is 11.5 Å². The minimum atomic E-state index is -0.855. The molecule has 0 heterocycles. The highest BCUT2D eigenvalue weighted by atomic mass is 16.5. The molecule has 6 nitrogen and oxygen atoms in total. The Balaban J connectivity index is 2.15. The van der Waals surface area contributed by atoms with Gasteiger partial charge in [-0.25, -0.2) is 0 Å². The predicted octanol–water partition coefficient (Wildman–Crippen LogP) is 6.50. The lowest BCUT2D eigenvalue weighted by Gasteiger charge is -2.19. The largest absolute Gasteiger partial charge is 0.508 e. The standard InChI is InChI=1S/C29H32O6/c1-3-4-6-25(22-12-17-26(34-2)27(19-22)35-18-5-7-28(32)33)29(20-8-13-23(30)14-9-20)21-10-15-24(31)16-11-21/h8-17,19,30-31H,3-7,18H2,1-2H3,(H,32,33). The molecule has 0 aromatic heterocycles. The second-order valence-electron chi connectivity index (χ2n) is 8.26. The summed E-state index contributed by atoms with van der Waals surface area (Å²) in [5.41, 5.74) is 4.95. The molecule has 0 unspecified atom stereocenters. The van der Waals surface area contributed by atoms with E-state index in [1.54, 1.807) is 31.4 Å². The molecule has 3 aromatic carbocycles. The van der Waals surface area contributed by atoms with Gasteiger partial charge in [-0.15, -0.1) is 0 Å². The van der Waals surface area contributed by atoms with Crippen LogP contribution in [0.3, 0.4) is 0 Å². The number of carboxylic acid groups (broad SMARTS) is 1. The Labute approximate surface area is 206 Å². The summed E-state index contributed by atoms with van der Waals surface area (Å²) in [5.74, 6) is 0.659. The normalized spacial score (nSPS) is 10.6. The van der Waals surface area contributed by atoms with Crippen LogP contribution >= 0.6 is 0 Å². The summed E-state index contributed by atoms with van der Waals surface area (Å²) >= 11 is 0. The van der Waals surface area contributed by atoms with Crippen molar-refractivity contribution < 1.29 is 29.6 Å². The summed E-state index contributed by atoms with van der Waals surface area (Å²) in [6.45, 7) is 2.41. The second kappa shape index (κ2) is 12.5. The highest BCUT2D eigenvalue weighted by Crippen LogP contribution is 2.39. The number of unbranched alkanes of at least 4 members (excludes halogenated alkanes) is 1. The maximum atomic E-state index is 10.8. The lowest BCUT2D eigenvalue weighted by atomic mass is 9.87. The zero-order valence-corrected chi connectivity index (χ0v) is 20.2. The molecule has 35 heavy (non-hydrogen) atoms. The molecule has 0 bridgehead atoms. The first-order valence-corrected chi connectivity index (χ1v) is 11.8. The number of rotatable bonds is 12. The van der Waals surface area contributed by atoms with Crippen LogP contribution in [0.5, 0.6) is 23.0 Å². The van der Waals surface area contributed by atoms with Crippen molar-refractivity contribution in [3.8, 4) is 23.0 Å². The quantitative estimate of drug-likeness (QED) is 0.204. The highest BCUT2D eigenvalue weighted by Gasteiger charge is 2.17. The Morgan fingerprint density at radius 3 is 1.86 bits per heavy atom. The van der Waals surface area contributed by atoms with E-state index in [0.717, 1.165) is 47.1 Å². The molecule has 0 aliphatic rings. The van der Waals surface area contributed by atoms with E-state index in [1.807, 2.05) is 42.5 Å². The molecular weight excluding hydrogens is 444 g/mol. The lowest BCUT2D eigenvalue weighted by Crippen LogP contribution is -2.04. The van der Waals surface area contributed by atoms with Gasteiger partial charge in [0.2, 0.25) is 0 Å². The van der Waals surface area contributed by atoms with E-state index in [0.29, 0.717) is 17.9 Å². The Morgan fingerprint density at radius 1 is 0.771 bits per heavy atom. The topological polar surface area (TPSA) is 96.2 Å². The van der Waals surface area contributed by atoms with Gasteiger partial charge in [-0.3, -0.25) is 4.79 Å². The van der Waals surface area contributed by atoms with Gasteiger partial charge in [-0.2, -0.15) is 0 Å². The number of aromatic hydroxyl groups is 2. The van der Waals surface area contributed by atoms with E-state index >= 15 is 0 Å². The highest BCUT2D eigenvalue weighted by molar-refractivity contribution is 5.99. The van der Waals surface area contributed by atoms with Crippen LogP contribution in [0.2, 0.25) is 0 Å². The molecule has 3 N–H and O–H groups in total. The third-order valence-electron chi connectivity index (χ3n) is 5.70. The number of carbonyl (C=O) groups is 1. The summed E-state index contributed by atoms with van der Waals surface area (Å²) in [4.78, 5) is 10.8. The number of phenolic OH excluding ortho intramolecular Hbond substituents is 2. The number of hydrogen-bond donors (Lipinski definition) is 3. The molecule has 0 saturated heterocycles. The van der Waals surface area contributed by atoms with Crippen molar-refractivity contribution in [3.05, 3.63) is 83.4 Å². The average Bonchev–Trinajstić information content (AvgIpc) is 2.86. The minimum absolute atomic E-state index is 0.0372. The van der Waals surface area contributed by atoms with Crippen LogP contribution in [0, 0.1) is 0 Å². The molecule has 3 aromatic rings. The Hall–Kier alpha value is -3.93. The van der Waals surface area contributed by atoms with Crippen molar-refractivity contribution in [3.63, 3.8) is 0 Å². The summed E-state index contributed by atoms with van der Waals surface area (Å²) in [5, 5.41) is 28.6. The monoisotopic (exact) mass is 476 g/mol. The number of methoxy groups -OCH3 is 1. The van der Waals surface area contributed by atoms with Crippen molar-refractivity contribution in [2.75, 3.05) is 13.7 Å². The third-order valence-corrected chi connectivity index (χ3v) is 5.70. The summed E-state index contributed by atoms with van der Waals surface area (Å²) in [6.07, 6.45) is 3.22. The van der Waals surface area contributed by atoms with Gasteiger partial charge >= 0.3 is 5.97 Å². The molecule has 0 fully saturated rings. The van der Waals surface area contributed by atoms with Gasteiger partial charge in [0, 0.05) is 6.42 Å². The number of carboxylic acids is 1. The molecule has 0 amide bonds.